The van der Waals surface area contributed by atoms with Crippen molar-refractivity contribution in [2.45, 2.75) is 20.3 Å². The molecule has 2 aromatic carbocycles. The standard InChI is InChI=1S/C18H17N7O4S.C3H8/c1-30(27,28)25-16(26)10-29-14-5-2-11(3-6-14)17-21-18(24-23-17)20-13-4-7-15-12(8-13)9-19-22-15;1-3-2/h2-9H,10H2,1H3,(H,19,22)(H,25,26)(H2,20,21,23,24);3H2,1-2H3. The van der Waals surface area contributed by atoms with Gasteiger partial charge in [-0.1, -0.05) is 20.3 Å². The number of anilines is 2. The zero-order valence-corrected chi connectivity index (χ0v) is 19.2. The SMILES string of the molecule is CCC.CS(=O)(=O)NC(=O)COc1ccc(-c2nc(Nc3ccc4[nH]ncc4c3)n[nH]2)cc1. The fourth-order valence-electron chi connectivity index (χ4n) is 2.69. The predicted octanol–water partition coefficient (Wildman–Crippen LogP) is 2.96. The number of carbonyl (C=O) groups excluding carboxylic acids is 1. The quantitative estimate of drug-likeness (QED) is 0.321. The van der Waals surface area contributed by atoms with Crippen molar-refractivity contribution >= 4 is 38.5 Å². The highest BCUT2D eigenvalue weighted by Crippen LogP contribution is 2.23. The van der Waals surface area contributed by atoms with Crippen molar-refractivity contribution in [3.8, 4) is 17.1 Å². The van der Waals surface area contributed by atoms with Crippen LogP contribution in [0, 0.1) is 0 Å². The molecule has 0 radical (unpaired) electrons. The first-order valence-electron chi connectivity index (χ1n) is 10.1. The normalized spacial score (nSPS) is 10.9. The number of hydrogen-bond donors (Lipinski definition) is 4. The van der Waals surface area contributed by atoms with E-state index in [0.717, 1.165) is 28.4 Å². The number of ether oxygens (including phenoxy) is 1. The maximum absolute atomic E-state index is 11.5. The van der Waals surface area contributed by atoms with Gasteiger partial charge < -0.3 is 10.1 Å². The Labute approximate surface area is 191 Å². The van der Waals surface area contributed by atoms with Crippen LogP contribution in [0.5, 0.6) is 5.75 Å². The Morgan fingerprint density at radius 2 is 1.82 bits per heavy atom. The summed E-state index contributed by atoms with van der Waals surface area (Å²) in [5.41, 5.74) is 2.52. The minimum atomic E-state index is -3.61. The first-order chi connectivity index (χ1) is 15.8. The van der Waals surface area contributed by atoms with Gasteiger partial charge in [0.05, 0.1) is 18.0 Å². The number of carbonyl (C=O) groups is 1. The molecule has 0 saturated carbocycles. The van der Waals surface area contributed by atoms with Crippen molar-refractivity contribution in [1.82, 2.24) is 30.1 Å². The van der Waals surface area contributed by atoms with Gasteiger partial charge in [-0.2, -0.15) is 10.1 Å². The van der Waals surface area contributed by atoms with E-state index in [0.29, 0.717) is 17.5 Å². The summed E-state index contributed by atoms with van der Waals surface area (Å²) in [6.45, 7) is 3.84. The first-order valence-corrected chi connectivity index (χ1v) is 12.0. The summed E-state index contributed by atoms with van der Waals surface area (Å²) in [6, 6.07) is 12.5. The van der Waals surface area contributed by atoms with Crippen molar-refractivity contribution in [3.05, 3.63) is 48.7 Å². The molecular weight excluding hydrogens is 446 g/mol. The highest BCUT2D eigenvalue weighted by Gasteiger charge is 2.10. The number of benzene rings is 2. The second-order valence-corrected chi connectivity index (χ2v) is 8.87. The van der Waals surface area contributed by atoms with E-state index in [1.165, 1.54) is 6.42 Å². The Bertz CT molecular complexity index is 1310. The van der Waals surface area contributed by atoms with Crippen LogP contribution in [0.25, 0.3) is 22.3 Å². The van der Waals surface area contributed by atoms with Gasteiger partial charge in [-0.05, 0) is 42.5 Å². The van der Waals surface area contributed by atoms with Crippen LogP contribution in [-0.2, 0) is 14.8 Å². The van der Waals surface area contributed by atoms with E-state index >= 15 is 0 Å². The van der Waals surface area contributed by atoms with Crippen molar-refractivity contribution in [2.75, 3.05) is 18.2 Å². The van der Waals surface area contributed by atoms with Gasteiger partial charge in [0, 0.05) is 16.6 Å². The molecule has 4 N–H and O–H groups in total. The summed E-state index contributed by atoms with van der Waals surface area (Å²) in [4.78, 5) is 15.9. The van der Waals surface area contributed by atoms with Gasteiger partial charge in [0.1, 0.15) is 5.75 Å². The number of rotatable bonds is 7. The molecule has 4 aromatic rings. The minimum absolute atomic E-state index is 0.408. The van der Waals surface area contributed by atoms with E-state index in [4.69, 9.17) is 4.74 Å². The molecule has 33 heavy (non-hydrogen) atoms. The summed E-state index contributed by atoms with van der Waals surface area (Å²) in [5.74, 6) is 0.615. The maximum Gasteiger partial charge on any atom is 0.271 e. The molecule has 1 amide bonds. The summed E-state index contributed by atoms with van der Waals surface area (Å²) >= 11 is 0. The lowest BCUT2D eigenvalue weighted by atomic mass is 10.2. The van der Waals surface area contributed by atoms with Crippen LogP contribution >= 0.6 is 0 Å². The van der Waals surface area contributed by atoms with E-state index in [-0.39, 0.29) is 0 Å². The van der Waals surface area contributed by atoms with E-state index in [9.17, 15) is 13.2 Å². The fourth-order valence-corrected chi connectivity index (χ4v) is 3.16. The zero-order chi connectivity index (χ0) is 23.8. The molecule has 0 saturated heterocycles. The number of hydrogen-bond acceptors (Lipinski definition) is 8. The van der Waals surface area contributed by atoms with Crippen molar-refractivity contribution in [3.63, 3.8) is 0 Å². The van der Waals surface area contributed by atoms with Crippen LogP contribution in [0.3, 0.4) is 0 Å². The summed E-state index contributed by atoms with van der Waals surface area (Å²) in [5, 5.41) is 18.0. The molecule has 0 unspecified atom stereocenters. The third-order valence-electron chi connectivity index (χ3n) is 3.98. The maximum atomic E-state index is 11.5. The third-order valence-corrected chi connectivity index (χ3v) is 4.58. The summed E-state index contributed by atoms with van der Waals surface area (Å²) < 4.78 is 29.1. The molecule has 2 aromatic heterocycles. The summed E-state index contributed by atoms with van der Waals surface area (Å²) in [6.07, 6.45) is 3.88. The molecule has 0 fully saturated rings. The lowest BCUT2D eigenvalue weighted by Gasteiger charge is -2.06. The zero-order valence-electron chi connectivity index (χ0n) is 18.4. The fraction of sp³-hybridized carbons (Fsp3) is 0.238. The second kappa shape index (κ2) is 10.6. The highest BCUT2D eigenvalue weighted by molar-refractivity contribution is 7.89. The number of aromatic nitrogens is 5. The van der Waals surface area contributed by atoms with Crippen LogP contribution in [0.15, 0.2) is 48.7 Å². The molecule has 12 heteroatoms. The van der Waals surface area contributed by atoms with Crippen LogP contribution < -0.4 is 14.8 Å². The molecule has 0 aliphatic carbocycles. The lowest BCUT2D eigenvalue weighted by molar-refractivity contribution is -0.121. The van der Waals surface area contributed by atoms with Gasteiger partial charge in [0.2, 0.25) is 16.0 Å². The highest BCUT2D eigenvalue weighted by atomic mass is 32.2. The third kappa shape index (κ3) is 7.04. The molecular formula is C21H25N7O4S. The number of sulfonamides is 1. The van der Waals surface area contributed by atoms with E-state index < -0.39 is 22.5 Å². The monoisotopic (exact) mass is 471 g/mol. The Kier molecular flexibility index (Phi) is 7.61. The Morgan fingerprint density at radius 1 is 1.09 bits per heavy atom. The van der Waals surface area contributed by atoms with Crippen LogP contribution in [0.2, 0.25) is 0 Å². The molecule has 0 bridgehead atoms. The minimum Gasteiger partial charge on any atom is -0.484 e. The van der Waals surface area contributed by atoms with Crippen molar-refractivity contribution in [2.24, 2.45) is 0 Å². The number of aromatic amines is 2. The molecule has 4 rings (SSSR count). The molecule has 0 aliphatic heterocycles. The van der Waals surface area contributed by atoms with Crippen LogP contribution in [0.1, 0.15) is 20.3 Å². The molecule has 0 atom stereocenters. The van der Waals surface area contributed by atoms with Gasteiger partial charge >= 0.3 is 0 Å². The Morgan fingerprint density at radius 3 is 2.52 bits per heavy atom. The molecule has 0 spiro atoms. The average Bonchev–Trinajstić information content (AvgIpc) is 3.41. The Balaban J connectivity index is 0.000000968. The number of nitrogens with zero attached hydrogens (tertiary/aromatic N) is 3. The number of amides is 1. The number of fused-ring (bicyclic) bond motifs is 1. The van der Waals surface area contributed by atoms with E-state index in [1.54, 1.807) is 30.5 Å². The van der Waals surface area contributed by atoms with Gasteiger partial charge in [-0.15, -0.1) is 5.10 Å². The second-order valence-electron chi connectivity index (χ2n) is 7.12. The van der Waals surface area contributed by atoms with Gasteiger partial charge in [0.15, 0.2) is 12.4 Å². The summed E-state index contributed by atoms with van der Waals surface area (Å²) in [7, 11) is -3.61. The molecule has 174 valence electrons. The average molecular weight is 472 g/mol. The molecule has 0 aliphatic rings. The lowest BCUT2D eigenvalue weighted by Crippen LogP contribution is -2.33. The first kappa shape index (κ1) is 23.7. The molecule has 2 heterocycles. The van der Waals surface area contributed by atoms with Gasteiger partial charge in [0.25, 0.3) is 5.91 Å². The molecule has 11 nitrogen and oxygen atoms in total. The van der Waals surface area contributed by atoms with Crippen molar-refractivity contribution < 1.29 is 17.9 Å². The Hall–Kier alpha value is -3.93. The topological polar surface area (TPSA) is 155 Å². The largest absolute Gasteiger partial charge is 0.484 e. The van der Waals surface area contributed by atoms with Gasteiger partial charge in [-0.3, -0.25) is 19.7 Å². The smallest absolute Gasteiger partial charge is 0.271 e. The van der Waals surface area contributed by atoms with Gasteiger partial charge in [-0.25, -0.2) is 8.42 Å². The van der Waals surface area contributed by atoms with Crippen molar-refractivity contribution in [1.29, 1.82) is 0 Å². The van der Waals surface area contributed by atoms with E-state index in [1.807, 2.05) is 22.9 Å². The van der Waals surface area contributed by atoms with Crippen LogP contribution in [0.4, 0.5) is 11.6 Å². The number of H-pyrrole nitrogens is 2. The number of nitrogens with one attached hydrogen (secondary N) is 4. The van der Waals surface area contributed by atoms with Crippen LogP contribution in [-0.4, -0.2) is 52.6 Å². The predicted molar refractivity (Wildman–Crippen MR) is 126 cm³/mol. The van der Waals surface area contributed by atoms with E-state index in [2.05, 4.69) is 44.5 Å².